The number of nitrogens with zero attached hydrogens (tertiary/aromatic N) is 1. The number of hydrogen-bond acceptors (Lipinski definition) is 3. The van der Waals surface area contributed by atoms with E-state index in [-0.39, 0.29) is 0 Å². The van der Waals surface area contributed by atoms with Crippen LogP contribution >= 0.6 is 11.3 Å². The first-order valence-corrected chi connectivity index (χ1v) is 21.2. The van der Waals surface area contributed by atoms with Crippen molar-refractivity contribution in [2.24, 2.45) is 0 Å². The molecule has 0 radical (unpaired) electrons. The summed E-state index contributed by atoms with van der Waals surface area (Å²) < 4.78 is 9.19. The first kappa shape index (κ1) is 33.9. The van der Waals surface area contributed by atoms with Crippen LogP contribution in [-0.2, 0) is 6.42 Å². The summed E-state index contributed by atoms with van der Waals surface area (Å²) in [5.41, 5.74) is 15.1. The Morgan fingerprint density at radius 2 is 1.22 bits per heavy atom. The molecule has 0 saturated heterocycles. The third kappa shape index (κ3) is 5.61. The van der Waals surface area contributed by atoms with E-state index in [1.54, 1.807) is 0 Å². The van der Waals surface area contributed by atoms with Gasteiger partial charge in [-0.3, -0.25) is 0 Å². The van der Waals surface area contributed by atoms with E-state index in [0.717, 1.165) is 68.4 Å². The zero-order valence-electron chi connectivity index (χ0n) is 32.2. The van der Waals surface area contributed by atoms with Gasteiger partial charge in [0, 0.05) is 53.3 Å². The Hall–Kier alpha value is -7.20. The first-order valence-electron chi connectivity index (χ1n) is 20.4. The number of fused-ring (bicyclic) bond motifs is 9. The molecule has 0 spiro atoms. The summed E-state index contributed by atoms with van der Waals surface area (Å²) in [5.74, 6) is 0. The molecule has 0 amide bonds. The lowest BCUT2D eigenvalue weighted by atomic mass is 9.90. The Morgan fingerprint density at radius 3 is 2.17 bits per heavy atom. The largest absolute Gasteiger partial charge is 0.455 e. The van der Waals surface area contributed by atoms with Crippen LogP contribution in [0.25, 0.3) is 92.3 Å². The van der Waals surface area contributed by atoms with Gasteiger partial charge >= 0.3 is 0 Å². The smallest absolute Gasteiger partial charge is 0.143 e. The molecule has 278 valence electrons. The summed E-state index contributed by atoms with van der Waals surface area (Å²) in [6.45, 7) is 0. The average Bonchev–Trinajstić information content (AvgIpc) is 3.88. The monoisotopic (exact) mass is 771 g/mol. The fourth-order valence-corrected chi connectivity index (χ4v) is 10.5. The lowest BCUT2D eigenvalue weighted by molar-refractivity contribution is 0.672. The fourth-order valence-electron chi connectivity index (χ4n) is 9.31. The van der Waals surface area contributed by atoms with Crippen molar-refractivity contribution in [1.82, 2.24) is 0 Å². The Kier molecular flexibility index (Phi) is 7.89. The Bertz CT molecular complexity index is 3460. The molecule has 0 N–H and O–H groups in total. The fraction of sp³-hybridized carbons (Fsp3) is 0.0357. The number of thiophene rings is 1. The summed E-state index contributed by atoms with van der Waals surface area (Å²) in [6, 6.07) is 68.7. The van der Waals surface area contributed by atoms with Gasteiger partial charge in [0.1, 0.15) is 11.2 Å². The minimum Gasteiger partial charge on any atom is -0.455 e. The van der Waals surface area contributed by atoms with E-state index in [1.165, 1.54) is 58.9 Å². The van der Waals surface area contributed by atoms with Gasteiger partial charge in [0.2, 0.25) is 0 Å². The topological polar surface area (TPSA) is 16.4 Å². The van der Waals surface area contributed by atoms with Crippen LogP contribution in [0.15, 0.2) is 199 Å². The van der Waals surface area contributed by atoms with Gasteiger partial charge in [-0.05, 0) is 112 Å². The molecule has 12 rings (SSSR count). The van der Waals surface area contributed by atoms with Gasteiger partial charge in [-0.25, -0.2) is 0 Å². The number of anilines is 3. The molecule has 0 saturated carbocycles. The van der Waals surface area contributed by atoms with E-state index in [2.05, 4.69) is 205 Å². The third-order valence-electron chi connectivity index (χ3n) is 12.1. The summed E-state index contributed by atoms with van der Waals surface area (Å²) in [4.78, 5) is 2.43. The maximum Gasteiger partial charge on any atom is 0.143 e. The van der Waals surface area contributed by atoms with Gasteiger partial charge in [0.25, 0.3) is 0 Å². The quantitative estimate of drug-likeness (QED) is 0.167. The van der Waals surface area contributed by atoms with E-state index >= 15 is 0 Å². The van der Waals surface area contributed by atoms with Crippen LogP contribution in [0.4, 0.5) is 17.1 Å². The molecule has 0 atom stereocenters. The number of benzene rings is 9. The molecule has 2 heterocycles. The molecule has 0 bridgehead atoms. The van der Waals surface area contributed by atoms with Gasteiger partial charge in [0.05, 0.1) is 5.69 Å². The van der Waals surface area contributed by atoms with Crippen molar-refractivity contribution in [1.29, 1.82) is 0 Å². The lowest BCUT2D eigenvalue weighted by Crippen LogP contribution is -2.11. The highest BCUT2D eigenvalue weighted by molar-refractivity contribution is 7.26. The highest BCUT2D eigenvalue weighted by Crippen LogP contribution is 2.46. The Balaban J connectivity index is 1.03. The third-order valence-corrected chi connectivity index (χ3v) is 13.4. The van der Waals surface area contributed by atoms with Crippen molar-refractivity contribution in [3.05, 3.63) is 205 Å². The SMILES string of the molecule is C1=Cc2c(cccc2-c2cccc(N(c3ccc(-c4cccc5c4sc4ccccc45)cc3)c3ccccc3-c3ccc4oc5c6ccccc6ccc5c4c3)c2)CC1. The maximum absolute atomic E-state index is 6.54. The van der Waals surface area contributed by atoms with E-state index in [4.69, 9.17) is 4.42 Å². The highest BCUT2D eigenvalue weighted by atomic mass is 32.1. The minimum absolute atomic E-state index is 0.895. The van der Waals surface area contributed by atoms with Gasteiger partial charge < -0.3 is 9.32 Å². The summed E-state index contributed by atoms with van der Waals surface area (Å²) in [5, 5.41) is 7.20. The molecule has 2 nitrogen and oxygen atoms in total. The van der Waals surface area contributed by atoms with Crippen molar-refractivity contribution in [3.8, 4) is 33.4 Å². The van der Waals surface area contributed by atoms with E-state index in [9.17, 15) is 0 Å². The normalized spacial score (nSPS) is 12.5. The molecule has 0 fully saturated rings. The van der Waals surface area contributed by atoms with Gasteiger partial charge in [-0.2, -0.15) is 0 Å². The van der Waals surface area contributed by atoms with Crippen LogP contribution in [0.1, 0.15) is 17.5 Å². The van der Waals surface area contributed by atoms with Crippen molar-refractivity contribution >= 4 is 87.4 Å². The number of allylic oxidation sites excluding steroid dienone is 1. The predicted molar refractivity (Wildman–Crippen MR) is 252 cm³/mol. The van der Waals surface area contributed by atoms with Crippen molar-refractivity contribution in [2.45, 2.75) is 12.8 Å². The number of furan rings is 1. The predicted octanol–water partition coefficient (Wildman–Crippen LogP) is 16.5. The summed E-state index contributed by atoms with van der Waals surface area (Å²) in [6.07, 6.45) is 6.78. The van der Waals surface area contributed by atoms with E-state index in [0.29, 0.717) is 0 Å². The molecular weight excluding hydrogens is 735 g/mol. The second-order valence-corrected chi connectivity index (χ2v) is 16.6. The molecule has 2 aromatic heterocycles. The maximum atomic E-state index is 6.54. The van der Waals surface area contributed by atoms with E-state index < -0.39 is 0 Å². The van der Waals surface area contributed by atoms with E-state index in [1.807, 2.05) is 11.3 Å². The molecule has 11 aromatic rings. The van der Waals surface area contributed by atoms with Crippen LogP contribution in [0, 0.1) is 0 Å². The zero-order valence-corrected chi connectivity index (χ0v) is 33.0. The molecule has 0 aliphatic heterocycles. The molecule has 1 aliphatic carbocycles. The van der Waals surface area contributed by atoms with Crippen molar-refractivity contribution in [2.75, 3.05) is 4.90 Å². The van der Waals surface area contributed by atoms with Gasteiger partial charge in [-0.1, -0.05) is 146 Å². The van der Waals surface area contributed by atoms with Crippen LogP contribution in [0.5, 0.6) is 0 Å². The highest BCUT2D eigenvalue weighted by Gasteiger charge is 2.21. The zero-order chi connectivity index (χ0) is 38.9. The Labute approximate surface area is 346 Å². The van der Waals surface area contributed by atoms with Gasteiger partial charge in [-0.15, -0.1) is 11.3 Å². The average molecular weight is 772 g/mol. The molecule has 0 unspecified atom stereocenters. The number of rotatable bonds is 6. The van der Waals surface area contributed by atoms with Crippen molar-refractivity contribution < 1.29 is 4.42 Å². The van der Waals surface area contributed by atoms with Crippen LogP contribution in [0.3, 0.4) is 0 Å². The molecule has 3 heteroatoms. The second kappa shape index (κ2) is 13.7. The lowest BCUT2D eigenvalue weighted by Gasteiger charge is -2.28. The first-order chi connectivity index (χ1) is 29.2. The molecular formula is C56H37NOS. The molecule has 1 aliphatic rings. The second-order valence-electron chi connectivity index (χ2n) is 15.5. The number of hydrogen-bond donors (Lipinski definition) is 0. The molecule has 59 heavy (non-hydrogen) atoms. The minimum atomic E-state index is 0.895. The number of para-hydroxylation sites is 1. The van der Waals surface area contributed by atoms with Crippen LogP contribution in [-0.4, -0.2) is 0 Å². The standard InChI is InChI=1S/C56H37NOS/c1-3-17-43-36(12-1)14-10-21-44(43)39-15-9-16-42(34-39)57(41-30-26-38(27-31-41)47-22-11-23-50-48-20-6-8-25-54(48)59-56(47)50)52-24-7-5-18-45(52)40-29-33-53-51(35-40)49-32-28-37-13-2-4-19-46(37)55(49)58-53/h2-11,13-35H,1,12H2. The Morgan fingerprint density at radius 1 is 0.475 bits per heavy atom. The van der Waals surface area contributed by atoms with Gasteiger partial charge in [0.15, 0.2) is 0 Å². The van der Waals surface area contributed by atoms with Crippen LogP contribution in [0.2, 0.25) is 0 Å². The number of aryl methyl sites for hydroxylation is 1. The van der Waals surface area contributed by atoms with Crippen LogP contribution < -0.4 is 4.90 Å². The summed E-state index contributed by atoms with van der Waals surface area (Å²) in [7, 11) is 0. The van der Waals surface area contributed by atoms with Crippen molar-refractivity contribution in [3.63, 3.8) is 0 Å². The molecule has 9 aromatic carbocycles. The summed E-state index contributed by atoms with van der Waals surface area (Å²) >= 11 is 1.88.